The summed E-state index contributed by atoms with van der Waals surface area (Å²) in [6.07, 6.45) is 4.01. The average Bonchev–Trinajstić information content (AvgIpc) is 2.86. The van der Waals surface area contributed by atoms with Crippen LogP contribution in [0.2, 0.25) is 0 Å². The first kappa shape index (κ1) is 31.4. The van der Waals surface area contributed by atoms with Gasteiger partial charge in [-0.2, -0.15) is 0 Å². The number of carbonyl (C=O) groups excluding carboxylic acids is 5. The van der Waals surface area contributed by atoms with Crippen LogP contribution in [-0.2, 0) is 28.7 Å². The molecule has 2 aliphatic heterocycles. The van der Waals surface area contributed by atoms with Crippen molar-refractivity contribution in [1.29, 1.82) is 0 Å². The van der Waals surface area contributed by atoms with E-state index < -0.39 is 17.5 Å². The highest BCUT2D eigenvalue weighted by atomic mass is 16.6. The molecule has 2 N–H and O–H groups in total. The summed E-state index contributed by atoms with van der Waals surface area (Å²) in [5, 5.41) is 5.41. The maximum atomic E-state index is 12.9. The van der Waals surface area contributed by atoms with Gasteiger partial charge >= 0.3 is 12.1 Å². The number of hydrogen-bond donors (Lipinski definition) is 2. The minimum Gasteiger partial charge on any atom is -0.466 e. The van der Waals surface area contributed by atoms with E-state index in [0.717, 1.165) is 25.7 Å². The highest BCUT2D eigenvalue weighted by Crippen LogP contribution is 2.25. The second-order valence-corrected chi connectivity index (χ2v) is 11.3. The van der Waals surface area contributed by atoms with E-state index in [1.807, 2.05) is 20.8 Å². The Morgan fingerprint density at radius 3 is 2.21 bits per heavy atom. The monoisotopic (exact) mass is 538 g/mol. The first-order valence-electron chi connectivity index (χ1n) is 13.8. The molecule has 2 rings (SSSR count). The van der Waals surface area contributed by atoms with Gasteiger partial charge in [0.25, 0.3) is 0 Å². The minimum atomic E-state index is -0.675. The fraction of sp³-hybridized carbons (Fsp3) is 0.815. The molecule has 0 aromatic rings. The van der Waals surface area contributed by atoms with E-state index in [1.54, 1.807) is 16.7 Å². The number of nitrogens with zero attached hydrogens (tertiary/aromatic N) is 2. The zero-order chi connectivity index (χ0) is 28.3. The largest absolute Gasteiger partial charge is 0.466 e. The maximum absolute atomic E-state index is 12.9. The first-order valence-corrected chi connectivity index (χ1v) is 13.8. The number of hydrogen-bond acceptors (Lipinski definition) is 7. The molecule has 1 unspecified atom stereocenters. The molecular weight excluding hydrogens is 492 g/mol. The van der Waals surface area contributed by atoms with E-state index in [9.17, 15) is 24.0 Å². The van der Waals surface area contributed by atoms with E-state index in [1.165, 1.54) is 6.92 Å². The predicted molar refractivity (Wildman–Crippen MR) is 141 cm³/mol. The lowest BCUT2D eigenvalue weighted by molar-refractivity contribution is -0.147. The van der Waals surface area contributed by atoms with Gasteiger partial charge in [0, 0.05) is 52.6 Å². The number of esters is 1. The highest BCUT2D eigenvalue weighted by Gasteiger charge is 2.31. The summed E-state index contributed by atoms with van der Waals surface area (Å²) in [6, 6.07) is 0. The second kappa shape index (κ2) is 14.9. The molecule has 0 aliphatic carbocycles. The number of piperidine rings is 2. The summed E-state index contributed by atoms with van der Waals surface area (Å²) >= 11 is 0. The van der Waals surface area contributed by atoms with E-state index in [2.05, 4.69) is 10.6 Å². The van der Waals surface area contributed by atoms with Crippen LogP contribution in [0.4, 0.5) is 4.79 Å². The molecule has 11 nitrogen and oxygen atoms in total. The van der Waals surface area contributed by atoms with Crippen molar-refractivity contribution >= 4 is 29.8 Å². The standard InChI is InChI=1S/C27H46N4O7/c1-6-37-25(35)22(16-28-19(2)32)17-29-24(34)21-8-7-13-31(18-21)23(33)10-9-20-11-14-30(15-12-20)26(36)38-27(3,4)5/h20-22H,6-18H2,1-5H3,(H,28,32)(H,29,34)/t21-,22?/m1/s1. The lowest BCUT2D eigenvalue weighted by Gasteiger charge is -2.34. The molecule has 2 fully saturated rings. The normalized spacial score (nSPS) is 19.3. The molecule has 0 aromatic heterocycles. The molecule has 2 saturated heterocycles. The van der Waals surface area contributed by atoms with E-state index in [0.29, 0.717) is 44.9 Å². The quantitative estimate of drug-likeness (QED) is 0.407. The number of nitrogens with one attached hydrogen (secondary N) is 2. The molecule has 38 heavy (non-hydrogen) atoms. The SMILES string of the molecule is CCOC(=O)C(CNC(C)=O)CNC(=O)[C@@H]1CCCN(C(=O)CCC2CCN(C(=O)OC(C)(C)C)CC2)C1. The third-order valence-corrected chi connectivity index (χ3v) is 6.92. The predicted octanol–water partition coefficient (Wildman–Crippen LogP) is 2.08. The number of likely N-dealkylation sites (tertiary alicyclic amines) is 2. The molecule has 2 heterocycles. The van der Waals surface area contributed by atoms with Crippen LogP contribution in [0, 0.1) is 17.8 Å². The first-order chi connectivity index (χ1) is 17.9. The van der Waals surface area contributed by atoms with Crippen molar-refractivity contribution in [2.45, 2.75) is 78.7 Å². The Hall–Kier alpha value is -2.85. The van der Waals surface area contributed by atoms with Gasteiger partial charge < -0.3 is 29.9 Å². The molecule has 11 heteroatoms. The Bertz CT molecular complexity index is 834. The summed E-state index contributed by atoms with van der Waals surface area (Å²) < 4.78 is 10.5. The third-order valence-electron chi connectivity index (χ3n) is 6.92. The van der Waals surface area contributed by atoms with Crippen molar-refractivity contribution in [2.75, 3.05) is 45.9 Å². The van der Waals surface area contributed by atoms with Gasteiger partial charge in [-0.3, -0.25) is 19.2 Å². The second-order valence-electron chi connectivity index (χ2n) is 11.3. The van der Waals surface area contributed by atoms with Gasteiger partial charge in [-0.15, -0.1) is 0 Å². The van der Waals surface area contributed by atoms with Gasteiger partial charge in [0.1, 0.15) is 5.60 Å². The van der Waals surface area contributed by atoms with Crippen molar-refractivity contribution in [1.82, 2.24) is 20.4 Å². The van der Waals surface area contributed by atoms with Gasteiger partial charge in [-0.1, -0.05) is 0 Å². The van der Waals surface area contributed by atoms with Crippen LogP contribution in [0.1, 0.15) is 73.1 Å². The lowest BCUT2D eigenvalue weighted by Crippen LogP contribution is -2.47. The molecule has 0 bridgehead atoms. The summed E-state index contributed by atoms with van der Waals surface area (Å²) in [6.45, 7) is 11.2. The summed E-state index contributed by atoms with van der Waals surface area (Å²) in [5.41, 5.74) is -0.515. The van der Waals surface area contributed by atoms with Crippen LogP contribution < -0.4 is 10.6 Å². The lowest BCUT2D eigenvalue weighted by atomic mass is 9.91. The smallest absolute Gasteiger partial charge is 0.410 e. The van der Waals surface area contributed by atoms with Crippen molar-refractivity contribution in [2.24, 2.45) is 17.8 Å². The number of rotatable bonds is 10. The van der Waals surface area contributed by atoms with Crippen LogP contribution in [0.25, 0.3) is 0 Å². The Balaban J connectivity index is 1.76. The molecular formula is C27H46N4O7. The topological polar surface area (TPSA) is 134 Å². The van der Waals surface area contributed by atoms with Crippen molar-refractivity contribution in [3.63, 3.8) is 0 Å². The maximum Gasteiger partial charge on any atom is 0.410 e. The zero-order valence-corrected chi connectivity index (χ0v) is 23.7. The van der Waals surface area contributed by atoms with Crippen LogP contribution in [0.15, 0.2) is 0 Å². The Morgan fingerprint density at radius 1 is 0.947 bits per heavy atom. The molecule has 2 atom stereocenters. The van der Waals surface area contributed by atoms with Gasteiger partial charge in [-0.25, -0.2) is 4.79 Å². The number of amides is 4. The Labute approximate surface area is 226 Å². The fourth-order valence-electron chi connectivity index (χ4n) is 4.77. The average molecular weight is 539 g/mol. The minimum absolute atomic E-state index is 0.0483. The van der Waals surface area contributed by atoms with Crippen LogP contribution >= 0.6 is 0 Å². The number of carbonyl (C=O) groups is 5. The molecule has 0 saturated carbocycles. The molecule has 0 spiro atoms. The number of ether oxygens (including phenoxy) is 2. The van der Waals surface area contributed by atoms with Crippen molar-refractivity contribution in [3.8, 4) is 0 Å². The molecule has 0 radical (unpaired) electrons. The van der Waals surface area contributed by atoms with Crippen molar-refractivity contribution < 1.29 is 33.4 Å². The van der Waals surface area contributed by atoms with Crippen molar-refractivity contribution in [3.05, 3.63) is 0 Å². The van der Waals surface area contributed by atoms with E-state index in [4.69, 9.17) is 9.47 Å². The fourth-order valence-corrected chi connectivity index (χ4v) is 4.77. The Morgan fingerprint density at radius 2 is 1.61 bits per heavy atom. The van der Waals surface area contributed by atoms with Crippen LogP contribution in [-0.4, -0.2) is 91.1 Å². The third kappa shape index (κ3) is 10.9. The van der Waals surface area contributed by atoms with E-state index in [-0.39, 0.29) is 49.4 Å². The van der Waals surface area contributed by atoms with Gasteiger partial charge in [0.15, 0.2) is 0 Å². The highest BCUT2D eigenvalue weighted by molar-refractivity contribution is 5.82. The van der Waals surface area contributed by atoms with Crippen LogP contribution in [0.3, 0.4) is 0 Å². The zero-order valence-electron chi connectivity index (χ0n) is 23.7. The van der Waals surface area contributed by atoms with Crippen LogP contribution in [0.5, 0.6) is 0 Å². The van der Waals surface area contributed by atoms with Gasteiger partial charge in [0.2, 0.25) is 17.7 Å². The van der Waals surface area contributed by atoms with E-state index >= 15 is 0 Å². The Kier molecular flexibility index (Phi) is 12.3. The molecule has 2 aliphatic rings. The van der Waals surface area contributed by atoms with Gasteiger partial charge in [0.05, 0.1) is 18.4 Å². The molecule has 216 valence electrons. The summed E-state index contributed by atoms with van der Waals surface area (Å²) in [4.78, 5) is 65.0. The molecule has 4 amide bonds. The summed E-state index contributed by atoms with van der Waals surface area (Å²) in [7, 11) is 0. The molecule has 0 aromatic carbocycles. The van der Waals surface area contributed by atoms with Gasteiger partial charge in [-0.05, 0) is 65.7 Å². The summed E-state index contributed by atoms with van der Waals surface area (Å²) in [5.74, 6) is -1.52.